The summed E-state index contributed by atoms with van der Waals surface area (Å²) in [6.07, 6.45) is -0.391. The van der Waals surface area contributed by atoms with Gasteiger partial charge in [0.15, 0.2) is 0 Å². The number of nitrogens with zero attached hydrogens (tertiary/aromatic N) is 3. The van der Waals surface area contributed by atoms with Gasteiger partial charge in [0.2, 0.25) is 5.91 Å². The van der Waals surface area contributed by atoms with Crippen molar-refractivity contribution >= 4 is 40.2 Å². The van der Waals surface area contributed by atoms with Crippen LogP contribution in [0.2, 0.25) is 5.02 Å². The Kier molecular flexibility index (Phi) is 8.48. The molecule has 9 nitrogen and oxygen atoms in total. The molecule has 202 valence electrons. The van der Waals surface area contributed by atoms with Crippen molar-refractivity contribution in [1.29, 1.82) is 0 Å². The maximum Gasteiger partial charge on any atom is 0.273 e. The van der Waals surface area contributed by atoms with Crippen molar-refractivity contribution in [2.75, 3.05) is 26.9 Å². The summed E-state index contributed by atoms with van der Waals surface area (Å²) >= 11 is 5.93. The summed E-state index contributed by atoms with van der Waals surface area (Å²) in [6, 6.07) is 9.98. The maximum absolute atomic E-state index is 14.8. The molecule has 1 aliphatic heterocycles. The number of likely N-dealkylation sites (tertiary alicyclic amines) is 1. The van der Waals surface area contributed by atoms with Crippen LogP contribution in [-0.2, 0) is 27.4 Å². The average Bonchev–Trinajstić information content (AvgIpc) is 3.44. The van der Waals surface area contributed by atoms with Gasteiger partial charge in [0, 0.05) is 36.2 Å². The van der Waals surface area contributed by atoms with E-state index in [-0.39, 0.29) is 36.8 Å². The van der Waals surface area contributed by atoms with Crippen LogP contribution in [0.3, 0.4) is 0 Å². The number of halogens is 3. The summed E-state index contributed by atoms with van der Waals surface area (Å²) in [5.74, 6) is -1.85. The van der Waals surface area contributed by atoms with E-state index in [2.05, 4.69) is 0 Å². The lowest BCUT2D eigenvalue weighted by Crippen LogP contribution is -2.46. The molecular formula is C26H27ClF2N4O5. The van der Waals surface area contributed by atoms with E-state index in [1.165, 1.54) is 16.8 Å². The maximum atomic E-state index is 14.8. The third-order valence-corrected chi connectivity index (χ3v) is 6.52. The first-order chi connectivity index (χ1) is 18.2. The number of nitrogens with two attached hydrogens (primary N) is 1. The molecule has 0 radical (unpaired) electrons. The zero-order valence-corrected chi connectivity index (χ0v) is 21.4. The molecule has 0 bridgehead atoms. The van der Waals surface area contributed by atoms with Crippen LogP contribution in [-0.4, -0.2) is 71.4 Å². The zero-order chi connectivity index (χ0) is 27.4. The number of ether oxygens (including phenoxy) is 2. The molecule has 1 fully saturated rings. The van der Waals surface area contributed by atoms with Crippen LogP contribution in [0.25, 0.3) is 10.9 Å². The number of benzene rings is 2. The second kappa shape index (κ2) is 11.8. The topological polar surface area (TPSA) is 107 Å². The first kappa shape index (κ1) is 27.3. The van der Waals surface area contributed by atoms with Gasteiger partial charge in [-0.2, -0.15) is 5.12 Å². The van der Waals surface area contributed by atoms with E-state index in [0.29, 0.717) is 33.8 Å². The molecule has 4 rings (SSSR count). The Balaban J connectivity index is 1.54. The fourth-order valence-corrected chi connectivity index (χ4v) is 4.71. The molecule has 0 aliphatic carbocycles. The van der Waals surface area contributed by atoms with Crippen LogP contribution in [0.1, 0.15) is 22.3 Å². The van der Waals surface area contributed by atoms with Gasteiger partial charge in [0.1, 0.15) is 31.1 Å². The number of hydrogen-bond acceptors (Lipinski definition) is 5. The highest BCUT2D eigenvalue weighted by Crippen LogP contribution is 2.28. The van der Waals surface area contributed by atoms with Gasteiger partial charge in [0.05, 0.1) is 30.8 Å². The number of fused-ring (bicyclic) bond motifs is 1. The highest BCUT2D eigenvalue weighted by Gasteiger charge is 2.42. The summed E-state index contributed by atoms with van der Waals surface area (Å²) in [6.45, 7) is -0.433. The first-order valence-corrected chi connectivity index (χ1v) is 12.2. The first-order valence-electron chi connectivity index (χ1n) is 11.9. The summed E-state index contributed by atoms with van der Waals surface area (Å²) in [4.78, 5) is 39.2. The molecule has 0 saturated carbocycles. The van der Waals surface area contributed by atoms with E-state index in [0.717, 1.165) is 4.90 Å². The van der Waals surface area contributed by atoms with Crippen molar-refractivity contribution in [2.24, 2.45) is 5.73 Å². The lowest BCUT2D eigenvalue weighted by molar-refractivity contribution is -0.156. The van der Waals surface area contributed by atoms with Gasteiger partial charge in [-0.1, -0.05) is 28.2 Å². The molecular weight excluding hydrogens is 522 g/mol. The van der Waals surface area contributed by atoms with Crippen LogP contribution in [0.5, 0.6) is 5.75 Å². The van der Waals surface area contributed by atoms with Crippen molar-refractivity contribution in [1.82, 2.24) is 14.6 Å². The summed E-state index contributed by atoms with van der Waals surface area (Å²) in [7, 11) is 1.54. The molecule has 2 atom stereocenters. The van der Waals surface area contributed by atoms with Crippen molar-refractivity contribution in [3.8, 4) is 5.75 Å². The molecule has 38 heavy (non-hydrogen) atoms. The van der Waals surface area contributed by atoms with E-state index in [4.69, 9.17) is 26.8 Å². The number of carbonyl (C=O) groups excluding carboxylic acids is 3. The van der Waals surface area contributed by atoms with Crippen LogP contribution in [0, 0.1) is 0 Å². The number of primary amides is 1. The van der Waals surface area contributed by atoms with Gasteiger partial charge in [-0.25, -0.2) is 4.39 Å². The van der Waals surface area contributed by atoms with E-state index in [1.54, 1.807) is 43.5 Å². The van der Waals surface area contributed by atoms with Crippen molar-refractivity contribution in [2.45, 2.75) is 31.7 Å². The highest BCUT2D eigenvalue weighted by atomic mass is 35.5. The Morgan fingerprint density at radius 2 is 1.97 bits per heavy atom. The molecule has 2 aromatic carbocycles. The van der Waals surface area contributed by atoms with E-state index in [9.17, 15) is 23.3 Å². The minimum absolute atomic E-state index is 0.0332. The Bertz CT molecular complexity index is 1350. The standard InChI is InChI=1S/C26H27ClF2N4O5/c1-37-7-8-38-19-5-6-20-21(25(30)35)14-31(22(20)11-19)15-24(34)32-13-18(28)10-23(32)26(36)33(29)12-16-3-2-4-17(27)9-16/h2-6,9,11,14,18,23H,7-8,10,12-13,15H2,1H3,(H2,30,35)/t18-,23+/m1/s1. The van der Waals surface area contributed by atoms with Crippen molar-refractivity contribution < 1.29 is 32.7 Å². The molecule has 3 amide bonds. The second-order valence-corrected chi connectivity index (χ2v) is 9.37. The quantitative estimate of drug-likeness (QED) is 0.309. The van der Waals surface area contributed by atoms with Gasteiger partial charge in [-0.15, -0.1) is 0 Å². The van der Waals surface area contributed by atoms with E-state index < -0.39 is 36.5 Å². The normalized spacial score (nSPS) is 17.1. The fourth-order valence-electron chi connectivity index (χ4n) is 4.50. The SMILES string of the molecule is COCCOc1ccc2c(C(N)=O)cn(CC(=O)N3C[C@H](F)C[C@H]3C(=O)N(F)Cc3cccc(Cl)c3)c2c1. The highest BCUT2D eigenvalue weighted by molar-refractivity contribution is 6.30. The zero-order valence-electron chi connectivity index (χ0n) is 20.6. The Labute approximate surface area is 222 Å². The van der Waals surface area contributed by atoms with Gasteiger partial charge < -0.3 is 24.7 Å². The fraction of sp³-hybridized carbons (Fsp3) is 0.346. The molecule has 1 aromatic heterocycles. The number of alkyl halides is 1. The minimum atomic E-state index is -1.49. The molecule has 12 heteroatoms. The molecule has 2 heterocycles. The van der Waals surface area contributed by atoms with Crippen LogP contribution in [0.15, 0.2) is 48.7 Å². The van der Waals surface area contributed by atoms with Gasteiger partial charge in [-0.05, 0) is 29.8 Å². The summed E-state index contributed by atoms with van der Waals surface area (Å²) in [5.41, 5.74) is 6.64. The van der Waals surface area contributed by atoms with E-state index in [1.807, 2.05) is 0 Å². The predicted octanol–water partition coefficient (Wildman–Crippen LogP) is 3.27. The minimum Gasteiger partial charge on any atom is -0.491 e. The number of hydrogen-bond donors (Lipinski definition) is 1. The third kappa shape index (κ3) is 6.05. The predicted molar refractivity (Wildman–Crippen MR) is 136 cm³/mol. The third-order valence-electron chi connectivity index (χ3n) is 6.29. The number of aromatic nitrogens is 1. The van der Waals surface area contributed by atoms with Crippen molar-refractivity contribution in [3.05, 3.63) is 64.8 Å². The van der Waals surface area contributed by atoms with Gasteiger partial charge in [-0.3, -0.25) is 14.4 Å². The number of rotatable bonds is 10. The van der Waals surface area contributed by atoms with Crippen LogP contribution in [0.4, 0.5) is 8.87 Å². The number of methoxy groups -OCH3 is 1. The molecule has 2 N–H and O–H groups in total. The molecule has 0 unspecified atom stereocenters. The van der Waals surface area contributed by atoms with Gasteiger partial charge >= 0.3 is 0 Å². The molecule has 1 aliphatic rings. The number of amides is 3. The lowest BCUT2D eigenvalue weighted by atomic mass is 10.1. The smallest absolute Gasteiger partial charge is 0.273 e. The van der Waals surface area contributed by atoms with Crippen LogP contribution < -0.4 is 10.5 Å². The second-order valence-electron chi connectivity index (χ2n) is 8.94. The Morgan fingerprint density at radius 3 is 2.68 bits per heavy atom. The average molecular weight is 549 g/mol. The van der Waals surface area contributed by atoms with Gasteiger partial charge in [0.25, 0.3) is 11.8 Å². The lowest BCUT2D eigenvalue weighted by Gasteiger charge is -2.26. The molecule has 1 saturated heterocycles. The Hall–Kier alpha value is -3.70. The monoisotopic (exact) mass is 548 g/mol. The van der Waals surface area contributed by atoms with Crippen LogP contribution >= 0.6 is 11.6 Å². The Morgan fingerprint density at radius 1 is 1.18 bits per heavy atom. The summed E-state index contributed by atoms with van der Waals surface area (Å²) in [5, 5.41) is 0.846. The summed E-state index contributed by atoms with van der Waals surface area (Å²) < 4.78 is 41.3. The largest absolute Gasteiger partial charge is 0.491 e. The molecule has 3 aromatic rings. The van der Waals surface area contributed by atoms with Crippen molar-refractivity contribution in [3.63, 3.8) is 0 Å². The number of carbonyl (C=O) groups is 3. The molecule has 0 spiro atoms. The van der Waals surface area contributed by atoms with E-state index >= 15 is 0 Å².